The van der Waals surface area contributed by atoms with Gasteiger partial charge in [0.15, 0.2) is 0 Å². The number of hydrogen-bond donors (Lipinski definition) is 1. The Morgan fingerprint density at radius 3 is 2.52 bits per heavy atom. The molecule has 0 saturated heterocycles. The molecule has 0 aliphatic rings. The van der Waals surface area contributed by atoms with Gasteiger partial charge in [-0.3, -0.25) is 4.90 Å². The average molecular weight is 378 g/mol. The number of rotatable bonds is 9. The fraction of sp³-hybridized carbons (Fsp3) is 0.625. The van der Waals surface area contributed by atoms with E-state index < -0.39 is 0 Å². The lowest BCUT2D eigenvalue weighted by atomic mass is 10.0. The first-order valence-electron chi connectivity index (χ1n) is 7.48. The number of methoxy groups -OCH3 is 1. The summed E-state index contributed by atoms with van der Waals surface area (Å²) in [6.07, 6.45) is 2.17. The van der Waals surface area contributed by atoms with E-state index in [1.807, 2.05) is 12.1 Å². The van der Waals surface area contributed by atoms with Crippen LogP contribution in [0.2, 0.25) is 5.02 Å². The molecule has 1 unspecified atom stereocenters. The first kappa shape index (κ1) is 18.9. The van der Waals surface area contributed by atoms with Crippen molar-refractivity contribution in [2.75, 3.05) is 26.8 Å². The SMILES string of the molecule is CCC(CC)N(CCOC)C(CN)c1cc(Br)ccc1Cl. The molecule has 0 aromatic heterocycles. The first-order chi connectivity index (χ1) is 10.1. The van der Waals surface area contributed by atoms with Crippen molar-refractivity contribution in [3.63, 3.8) is 0 Å². The maximum absolute atomic E-state index is 6.40. The van der Waals surface area contributed by atoms with E-state index in [9.17, 15) is 0 Å². The third kappa shape index (κ3) is 5.22. The molecule has 0 saturated carbocycles. The van der Waals surface area contributed by atoms with Crippen LogP contribution in [0.3, 0.4) is 0 Å². The van der Waals surface area contributed by atoms with Gasteiger partial charge in [0.25, 0.3) is 0 Å². The Labute approximate surface area is 141 Å². The highest BCUT2D eigenvalue weighted by Crippen LogP contribution is 2.32. The molecule has 0 aliphatic carbocycles. The monoisotopic (exact) mass is 376 g/mol. The lowest BCUT2D eigenvalue weighted by molar-refractivity contribution is 0.0817. The molecule has 1 aromatic rings. The lowest BCUT2D eigenvalue weighted by Crippen LogP contribution is -2.43. The largest absolute Gasteiger partial charge is 0.383 e. The van der Waals surface area contributed by atoms with Crippen molar-refractivity contribution in [2.45, 2.75) is 38.8 Å². The second-order valence-corrected chi connectivity index (χ2v) is 6.44. The zero-order valence-electron chi connectivity index (χ0n) is 13.1. The van der Waals surface area contributed by atoms with Crippen LogP contribution in [0.15, 0.2) is 22.7 Å². The van der Waals surface area contributed by atoms with Crippen LogP contribution in [-0.4, -0.2) is 37.7 Å². The Hall–Kier alpha value is -0.130. The summed E-state index contributed by atoms with van der Waals surface area (Å²) < 4.78 is 6.30. The van der Waals surface area contributed by atoms with Crippen molar-refractivity contribution in [3.05, 3.63) is 33.3 Å². The summed E-state index contributed by atoms with van der Waals surface area (Å²) in [4.78, 5) is 2.43. The van der Waals surface area contributed by atoms with E-state index in [0.29, 0.717) is 19.2 Å². The Bertz CT molecular complexity index is 427. The van der Waals surface area contributed by atoms with Gasteiger partial charge >= 0.3 is 0 Å². The van der Waals surface area contributed by atoms with E-state index in [1.165, 1.54) is 0 Å². The fourth-order valence-electron chi connectivity index (χ4n) is 2.76. The molecule has 0 spiro atoms. The van der Waals surface area contributed by atoms with Crippen LogP contribution < -0.4 is 5.73 Å². The summed E-state index contributed by atoms with van der Waals surface area (Å²) in [6, 6.07) is 6.53. The van der Waals surface area contributed by atoms with Gasteiger partial charge in [0.1, 0.15) is 0 Å². The van der Waals surface area contributed by atoms with E-state index in [1.54, 1.807) is 7.11 Å². The standard InChI is InChI=1S/C16H26BrClN2O/c1-4-13(5-2)20(8-9-21-3)16(11-19)14-10-12(17)6-7-15(14)18/h6-7,10,13,16H,4-5,8-9,11,19H2,1-3H3. The number of halogens is 2. The maximum Gasteiger partial charge on any atom is 0.0590 e. The fourth-order valence-corrected chi connectivity index (χ4v) is 3.38. The molecule has 1 atom stereocenters. The average Bonchev–Trinajstić information content (AvgIpc) is 2.49. The molecular weight excluding hydrogens is 352 g/mol. The molecule has 0 fully saturated rings. The van der Waals surface area contributed by atoms with Crippen LogP contribution in [0.5, 0.6) is 0 Å². The van der Waals surface area contributed by atoms with Crippen molar-refractivity contribution >= 4 is 27.5 Å². The predicted molar refractivity (Wildman–Crippen MR) is 93.9 cm³/mol. The molecule has 0 heterocycles. The minimum absolute atomic E-state index is 0.107. The van der Waals surface area contributed by atoms with Crippen molar-refractivity contribution in [1.82, 2.24) is 4.90 Å². The Morgan fingerprint density at radius 2 is 2.00 bits per heavy atom. The van der Waals surface area contributed by atoms with Gasteiger partial charge in [-0.25, -0.2) is 0 Å². The summed E-state index contributed by atoms with van der Waals surface area (Å²) in [6.45, 7) is 6.51. The third-order valence-corrected chi connectivity index (χ3v) is 4.74. The van der Waals surface area contributed by atoms with Crippen LogP contribution in [0.4, 0.5) is 0 Å². The van der Waals surface area contributed by atoms with Gasteiger partial charge in [0.05, 0.1) is 6.61 Å². The highest BCUT2D eigenvalue weighted by molar-refractivity contribution is 9.10. The molecule has 120 valence electrons. The predicted octanol–water partition coefficient (Wildman–Crippen LogP) is 4.24. The molecule has 0 bridgehead atoms. The Morgan fingerprint density at radius 1 is 1.33 bits per heavy atom. The molecule has 1 aromatic carbocycles. The topological polar surface area (TPSA) is 38.5 Å². The quantitative estimate of drug-likeness (QED) is 0.699. The molecule has 2 N–H and O–H groups in total. The van der Waals surface area contributed by atoms with Gasteiger partial charge in [-0.2, -0.15) is 0 Å². The van der Waals surface area contributed by atoms with Gasteiger partial charge in [-0.1, -0.05) is 41.4 Å². The van der Waals surface area contributed by atoms with Crippen molar-refractivity contribution < 1.29 is 4.74 Å². The molecule has 21 heavy (non-hydrogen) atoms. The molecule has 0 aliphatic heterocycles. The maximum atomic E-state index is 6.40. The zero-order valence-corrected chi connectivity index (χ0v) is 15.5. The van der Waals surface area contributed by atoms with Crippen LogP contribution in [-0.2, 0) is 4.74 Å². The highest BCUT2D eigenvalue weighted by Gasteiger charge is 2.26. The van der Waals surface area contributed by atoms with Gasteiger partial charge in [-0.05, 0) is 36.6 Å². The number of nitrogens with two attached hydrogens (primary N) is 1. The van der Waals surface area contributed by atoms with E-state index in [2.05, 4.69) is 40.7 Å². The minimum atomic E-state index is 0.107. The summed E-state index contributed by atoms with van der Waals surface area (Å²) in [7, 11) is 1.73. The number of hydrogen-bond acceptors (Lipinski definition) is 3. The van der Waals surface area contributed by atoms with Gasteiger partial charge in [0, 0.05) is 41.8 Å². The number of nitrogens with zero attached hydrogens (tertiary/aromatic N) is 1. The summed E-state index contributed by atoms with van der Waals surface area (Å²) in [5.74, 6) is 0. The molecular formula is C16H26BrClN2O. The van der Waals surface area contributed by atoms with Crippen LogP contribution in [0.1, 0.15) is 38.3 Å². The van der Waals surface area contributed by atoms with Crippen molar-refractivity contribution in [1.29, 1.82) is 0 Å². The highest BCUT2D eigenvalue weighted by atomic mass is 79.9. The van der Waals surface area contributed by atoms with Gasteiger partial charge < -0.3 is 10.5 Å². The minimum Gasteiger partial charge on any atom is -0.383 e. The summed E-state index contributed by atoms with van der Waals surface area (Å²) >= 11 is 9.93. The molecule has 1 rings (SSSR count). The van der Waals surface area contributed by atoms with Crippen LogP contribution >= 0.6 is 27.5 Å². The summed E-state index contributed by atoms with van der Waals surface area (Å²) in [5.41, 5.74) is 7.17. The van der Waals surface area contributed by atoms with Gasteiger partial charge in [0.2, 0.25) is 0 Å². The smallest absolute Gasteiger partial charge is 0.0590 e. The van der Waals surface area contributed by atoms with E-state index in [-0.39, 0.29) is 6.04 Å². The Balaban J connectivity index is 3.12. The van der Waals surface area contributed by atoms with E-state index in [4.69, 9.17) is 22.1 Å². The zero-order chi connectivity index (χ0) is 15.8. The number of benzene rings is 1. The van der Waals surface area contributed by atoms with Crippen LogP contribution in [0.25, 0.3) is 0 Å². The van der Waals surface area contributed by atoms with Crippen molar-refractivity contribution in [2.24, 2.45) is 5.73 Å². The van der Waals surface area contributed by atoms with Crippen molar-refractivity contribution in [3.8, 4) is 0 Å². The van der Waals surface area contributed by atoms with E-state index >= 15 is 0 Å². The van der Waals surface area contributed by atoms with Crippen LogP contribution in [0, 0.1) is 0 Å². The lowest BCUT2D eigenvalue weighted by Gasteiger charge is -2.37. The molecule has 3 nitrogen and oxygen atoms in total. The molecule has 0 radical (unpaired) electrons. The van der Waals surface area contributed by atoms with Gasteiger partial charge in [-0.15, -0.1) is 0 Å². The first-order valence-corrected chi connectivity index (χ1v) is 8.65. The second-order valence-electron chi connectivity index (χ2n) is 5.12. The van der Waals surface area contributed by atoms with E-state index in [0.717, 1.165) is 34.4 Å². The number of ether oxygens (including phenoxy) is 1. The molecule has 0 amide bonds. The second kappa shape index (κ2) is 9.80. The third-order valence-electron chi connectivity index (χ3n) is 3.91. The Kier molecular flexibility index (Phi) is 8.83. The summed E-state index contributed by atoms with van der Waals surface area (Å²) in [5, 5.41) is 0.766. The molecule has 5 heteroatoms. The normalized spacial score (nSPS) is 13.1.